The Labute approximate surface area is 125 Å². The van der Waals surface area contributed by atoms with Crippen LogP contribution in [0.25, 0.3) is 0 Å². The van der Waals surface area contributed by atoms with E-state index in [0.717, 1.165) is 38.9 Å². The Morgan fingerprint density at radius 1 is 1.35 bits per heavy atom. The zero-order chi connectivity index (χ0) is 15.4. The van der Waals surface area contributed by atoms with Crippen LogP contribution in [0.15, 0.2) is 23.9 Å². The van der Waals surface area contributed by atoms with Crippen LogP contribution in [0.3, 0.4) is 0 Å². The van der Waals surface area contributed by atoms with Crippen molar-refractivity contribution >= 4 is 0 Å². The van der Waals surface area contributed by atoms with Crippen LogP contribution in [0.5, 0.6) is 0 Å². The van der Waals surface area contributed by atoms with Crippen molar-refractivity contribution in [1.82, 2.24) is 10.2 Å². The molecule has 0 atom stereocenters. The van der Waals surface area contributed by atoms with E-state index in [1.807, 2.05) is 33.2 Å². The molecule has 1 saturated heterocycles. The maximum Gasteiger partial charge on any atom is 0.0694 e. The third-order valence-electron chi connectivity index (χ3n) is 3.83. The summed E-state index contributed by atoms with van der Waals surface area (Å²) >= 11 is 0. The molecule has 0 bridgehead atoms. The van der Waals surface area contributed by atoms with E-state index in [9.17, 15) is 5.26 Å². The van der Waals surface area contributed by atoms with Crippen molar-refractivity contribution in [3.8, 4) is 6.07 Å². The molecule has 0 spiro atoms. The first-order chi connectivity index (χ1) is 9.65. The summed E-state index contributed by atoms with van der Waals surface area (Å²) in [4.78, 5) is 2.42. The Kier molecular flexibility index (Phi) is 9.84. The third-order valence-corrected chi connectivity index (χ3v) is 3.83. The smallest absolute Gasteiger partial charge is 0.0694 e. The molecular weight excluding hydrogens is 246 g/mol. The number of hydrogen-bond acceptors (Lipinski definition) is 3. The molecule has 0 aliphatic carbocycles. The van der Waals surface area contributed by atoms with E-state index in [2.05, 4.69) is 36.2 Å². The standard InChI is InChI=1S/C15H25N3.C2H6/c1-4-18-11-8-15(13-16,9-12-18)7-5-14(2)6-10-17-3;1-2/h5-6,10,17H,4,7-9,11-12H2,1-3H3;1-2H3/b10-6-,14-5-;. The van der Waals surface area contributed by atoms with Gasteiger partial charge >= 0.3 is 0 Å². The molecule has 1 fully saturated rings. The highest BCUT2D eigenvalue weighted by Crippen LogP contribution is 2.35. The van der Waals surface area contributed by atoms with Crippen LogP contribution in [0.1, 0.15) is 47.0 Å². The highest BCUT2D eigenvalue weighted by atomic mass is 15.1. The Balaban J connectivity index is 0.00000172. The summed E-state index contributed by atoms with van der Waals surface area (Å²) in [6.45, 7) is 11.5. The van der Waals surface area contributed by atoms with E-state index in [4.69, 9.17) is 0 Å². The average molecular weight is 277 g/mol. The number of rotatable bonds is 5. The second kappa shape index (κ2) is 10.5. The summed E-state index contributed by atoms with van der Waals surface area (Å²) in [7, 11) is 1.89. The summed E-state index contributed by atoms with van der Waals surface area (Å²) in [5.41, 5.74) is 1.08. The zero-order valence-electron chi connectivity index (χ0n) is 13.9. The second-order valence-electron chi connectivity index (χ2n) is 5.10. The molecule has 1 heterocycles. The summed E-state index contributed by atoms with van der Waals surface area (Å²) in [5.74, 6) is 0. The van der Waals surface area contributed by atoms with Gasteiger partial charge in [0.15, 0.2) is 0 Å². The first kappa shape index (κ1) is 18.7. The second-order valence-corrected chi connectivity index (χ2v) is 5.10. The Morgan fingerprint density at radius 2 is 1.95 bits per heavy atom. The molecule has 3 heteroatoms. The fraction of sp³-hybridized carbons (Fsp3) is 0.706. The zero-order valence-corrected chi connectivity index (χ0v) is 13.9. The van der Waals surface area contributed by atoms with Gasteiger partial charge in [-0.15, -0.1) is 0 Å². The quantitative estimate of drug-likeness (QED) is 0.779. The predicted octanol–water partition coefficient (Wildman–Crippen LogP) is 3.71. The number of likely N-dealkylation sites (tertiary alicyclic amines) is 1. The lowest BCUT2D eigenvalue weighted by atomic mass is 9.76. The van der Waals surface area contributed by atoms with Gasteiger partial charge in [-0.3, -0.25) is 0 Å². The van der Waals surface area contributed by atoms with Crippen molar-refractivity contribution in [2.75, 3.05) is 26.7 Å². The van der Waals surface area contributed by atoms with E-state index in [1.54, 1.807) is 0 Å². The SMILES string of the molecule is CC.CCN1CCC(C#N)(C/C=C(C)\C=C/NC)CC1. The number of allylic oxidation sites excluding steroid dienone is 3. The molecule has 0 aromatic carbocycles. The predicted molar refractivity (Wildman–Crippen MR) is 87.3 cm³/mol. The van der Waals surface area contributed by atoms with Gasteiger partial charge in [0.2, 0.25) is 0 Å². The van der Waals surface area contributed by atoms with E-state index in [0.29, 0.717) is 0 Å². The van der Waals surface area contributed by atoms with Gasteiger partial charge < -0.3 is 10.2 Å². The van der Waals surface area contributed by atoms with Gasteiger partial charge in [0.05, 0.1) is 11.5 Å². The molecule has 0 saturated carbocycles. The van der Waals surface area contributed by atoms with Gasteiger partial charge in [0.1, 0.15) is 0 Å². The molecule has 1 rings (SSSR count). The van der Waals surface area contributed by atoms with Gasteiger partial charge in [-0.1, -0.05) is 32.4 Å². The normalized spacial score (nSPS) is 19.1. The van der Waals surface area contributed by atoms with E-state index >= 15 is 0 Å². The molecule has 1 N–H and O–H groups in total. The maximum absolute atomic E-state index is 9.46. The average Bonchev–Trinajstić information content (AvgIpc) is 2.53. The fourth-order valence-corrected chi connectivity index (χ4v) is 2.30. The molecule has 0 aromatic rings. The summed E-state index contributed by atoms with van der Waals surface area (Å²) in [6, 6.07) is 2.56. The van der Waals surface area contributed by atoms with Crippen LogP contribution < -0.4 is 5.32 Å². The lowest BCUT2D eigenvalue weighted by Crippen LogP contribution is -2.39. The third kappa shape index (κ3) is 6.25. The number of nitrogens with zero attached hydrogens (tertiary/aromatic N) is 2. The van der Waals surface area contributed by atoms with Gasteiger partial charge in [-0.25, -0.2) is 0 Å². The van der Waals surface area contributed by atoms with Crippen LogP contribution in [0.4, 0.5) is 0 Å². The molecule has 1 aliphatic rings. The molecule has 0 amide bonds. The number of hydrogen-bond donors (Lipinski definition) is 1. The molecule has 0 unspecified atom stereocenters. The molecule has 0 aromatic heterocycles. The lowest BCUT2D eigenvalue weighted by molar-refractivity contribution is 0.152. The highest BCUT2D eigenvalue weighted by Gasteiger charge is 2.33. The van der Waals surface area contributed by atoms with Crippen LogP contribution in [-0.2, 0) is 0 Å². The van der Waals surface area contributed by atoms with Crippen molar-refractivity contribution in [1.29, 1.82) is 5.26 Å². The van der Waals surface area contributed by atoms with Gasteiger partial charge in [0.25, 0.3) is 0 Å². The van der Waals surface area contributed by atoms with Crippen LogP contribution >= 0.6 is 0 Å². The highest BCUT2D eigenvalue weighted by molar-refractivity contribution is 5.18. The topological polar surface area (TPSA) is 39.1 Å². The lowest BCUT2D eigenvalue weighted by Gasteiger charge is -2.36. The minimum atomic E-state index is -0.138. The first-order valence-corrected chi connectivity index (χ1v) is 7.80. The molecule has 0 radical (unpaired) electrons. The van der Waals surface area contributed by atoms with Crippen molar-refractivity contribution < 1.29 is 0 Å². The molecule has 3 nitrogen and oxygen atoms in total. The largest absolute Gasteiger partial charge is 0.394 e. The minimum Gasteiger partial charge on any atom is -0.394 e. The van der Waals surface area contributed by atoms with Gasteiger partial charge in [0, 0.05) is 7.05 Å². The molecule has 20 heavy (non-hydrogen) atoms. The number of piperidine rings is 1. The fourth-order valence-electron chi connectivity index (χ4n) is 2.30. The Bertz CT molecular complexity index is 342. The molecule has 114 valence electrons. The number of nitriles is 1. The van der Waals surface area contributed by atoms with Crippen molar-refractivity contribution in [2.45, 2.75) is 47.0 Å². The summed E-state index contributed by atoms with van der Waals surface area (Å²) in [5, 5.41) is 12.4. The minimum absolute atomic E-state index is 0.138. The summed E-state index contributed by atoms with van der Waals surface area (Å²) < 4.78 is 0. The van der Waals surface area contributed by atoms with Crippen LogP contribution in [0.2, 0.25) is 0 Å². The molecule has 1 aliphatic heterocycles. The van der Waals surface area contributed by atoms with Gasteiger partial charge in [-0.05, 0) is 58.1 Å². The van der Waals surface area contributed by atoms with Crippen molar-refractivity contribution in [3.63, 3.8) is 0 Å². The van der Waals surface area contributed by atoms with Crippen LogP contribution in [0, 0.1) is 16.7 Å². The van der Waals surface area contributed by atoms with Gasteiger partial charge in [-0.2, -0.15) is 5.26 Å². The Morgan fingerprint density at radius 3 is 2.40 bits per heavy atom. The van der Waals surface area contributed by atoms with E-state index < -0.39 is 0 Å². The first-order valence-electron chi connectivity index (χ1n) is 7.80. The van der Waals surface area contributed by atoms with E-state index in [-0.39, 0.29) is 5.41 Å². The number of nitrogens with one attached hydrogen (secondary N) is 1. The van der Waals surface area contributed by atoms with Crippen molar-refractivity contribution in [2.24, 2.45) is 5.41 Å². The van der Waals surface area contributed by atoms with E-state index in [1.165, 1.54) is 5.57 Å². The maximum atomic E-state index is 9.46. The summed E-state index contributed by atoms with van der Waals surface area (Å²) in [6.07, 6.45) is 9.03. The monoisotopic (exact) mass is 277 g/mol. The van der Waals surface area contributed by atoms with Crippen LogP contribution in [-0.4, -0.2) is 31.6 Å². The Hall–Kier alpha value is -1.27. The molecular formula is C17H31N3. The van der Waals surface area contributed by atoms with Crippen molar-refractivity contribution in [3.05, 3.63) is 23.9 Å².